The summed E-state index contributed by atoms with van der Waals surface area (Å²) in [6.45, 7) is 6.40. The number of benzene rings is 1. The number of ether oxygens (including phenoxy) is 1. The van der Waals surface area contributed by atoms with Crippen LogP contribution in [0.3, 0.4) is 0 Å². The maximum absolute atomic E-state index is 13.6. The van der Waals surface area contributed by atoms with Crippen LogP contribution >= 0.6 is 23.2 Å². The molecule has 2 fully saturated rings. The van der Waals surface area contributed by atoms with Crippen LogP contribution in [0.1, 0.15) is 47.3 Å². The Hall–Kier alpha value is -3.55. The van der Waals surface area contributed by atoms with Crippen molar-refractivity contribution in [3.63, 3.8) is 0 Å². The molecular weight excluding hydrogens is 631 g/mol. The number of carbonyl (C=O) groups excluding carboxylic acids is 2. The Morgan fingerprint density at radius 3 is 2.57 bits per heavy atom. The molecule has 12 nitrogen and oxygen atoms in total. The number of pyridine rings is 1. The Bertz CT molecular complexity index is 1600. The second-order valence-electron chi connectivity index (χ2n) is 12.0. The van der Waals surface area contributed by atoms with Crippen molar-refractivity contribution < 1.29 is 19.4 Å². The molecule has 3 aromatic rings. The first-order valence-corrected chi connectivity index (χ1v) is 16.3. The van der Waals surface area contributed by atoms with Crippen LogP contribution in [0.25, 0.3) is 11.3 Å². The summed E-state index contributed by atoms with van der Waals surface area (Å²) in [5, 5.41) is 17.2. The summed E-state index contributed by atoms with van der Waals surface area (Å²) in [6, 6.07) is 5.95. The number of fused-ring (bicyclic) bond motifs is 1. The van der Waals surface area contributed by atoms with Crippen LogP contribution in [0.4, 0.5) is 11.8 Å². The minimum Gasteiger partial charge on any atom is -0.394 e. The average molecular weight is 670 g/mol. The SMILES string of the molecule is CC(C(=O)N[C@H](CO)c1cc(N2CCN(C)CC2)ncc1Cl)N1Cc2ccc(-c3nc(NC4CCOCC4)ncc3Cl)cc2C1=O. The van der Waals surface area contributed by atoms with E-state index < -0.39 is 18.0 Å². The van der Waals surface area contributed by atoms with Gasteiger partial charge in [0.05, 0.1) is 34.6 Å². The maximum Gasteiger partial charge on any atom is 0.255 e. The molecule has 3 aliphatic heterocycles. The predicted octanol–water partition coefficient (Wildman–Crippen LogP) is 3.38. The molecule has 0 radical (unpaired) electrons. The van der Waals surface area contributed by atoms with Crippen LogP contribution in [-0.4, -0.2) is 107 Å². The van der Waals surface area contributed by atoms with Gasteiger partial charge >= 0.3 is 0 Å². The van der Waals surface area contributed by atoms with E-state index in [1.807, 2.05) is 18.2 Å². The van der Waals surface area contributed by atoms with E-state index in [0.717, 1.165) is 50.4 Å². The van der Waals surface area contributed by atoms with Gasteiger partial charge in [0.15, 0.2) is 0 Å². The lowest BCUT2D eigenvalue weighted by molar-refractivity contribution is -0.126. The summed E-state index contributed by atoms with van der Waals surface area (Å²) in [5.74, 6) is 0.528. The monoisotopic (exact) mass is 668 g/mol. The van der Waals surface area contributed by atoms with Crippen molar-refractivity contribution in [2.45, 2.75) is 44.4 Å². The van der Waals surface area contributed by atoms with E-state index in [4.69, 9.17) is 27.9 Å². The van der Waals surface area contributed by atoms with Crippen molar-refractivity contribution in [2.75, 3.05) is 63.3 Å². The zero-order chi connectivity index (χ0) is 32.4. The third-order valence-corrected chi connectivity index (χ3v) is 9.53. The Morgan fingerprint density at radius 2 is 1.83 bits per heavy atom. The van der Waals surface area contributed by atoms with E-state index in [-0.39, 0.29) is 25.1 Å². The number of halogens is 2. The minimum atomic E-state index is -0.812. The summed E-state index contributed by atoms with van der Waals surface area (Å²) in [5.41, 5.74) is 3.05. The van der Waals surface area contributed by atoms with Gasteiger partial charge in [-0.15, -0.1) is 0 Å². The summed E-state index contributed by atoms with van der Waals surface area (Å²) in [7, 11) is 2.08. The number of piperazine rings is 1. The quantitative estimate of drug-likeness (QED) is 0.311. The first kappa shape index (κ1) is 32.4. The van der Waals surface area contributed by atoms with Gasteiger partial charge in [-0.2, -0.15) is 0 Å². The molecule has 0 saturated carbocycles. The number of amides is 2. The molecule has 46 heavy (non-hydrogen) atoms. The van der Waals surface area contributed by atoms with Crippen LogP contribution in [0, 0.1) is 0 Å². The lowest BCUT2D eigenvalue weighted by atomic mass is 10.0. The Labute approximate surface area is 278 Å². The van der Waals surface area contributed by atoms with Gasteiger partial charge in [-0.1, -0.05) is 35.3 Å². The number of nitrogens with one attached hydrogen (secondary N) is 2. The van der Waals surface area contributed by atoms with E-state index in [0.29, 0.717) is 51.6 Å². The van der Waals surface area contributed by atoms with Crippen LogP contribution in [0.2, 0.25) is 10.0 Å². The van der Waals surface area contributed by atoms with Crippen LogP contribution in [0.5, 0.6) is 0 Å². The van der Waals surface area contributed by atoms with Crippen LogP contribution in [-0.2, 0) is 16.1 Å². The molecule has 5 heterocycles. The number of anilines is 2. The molecular formula is C32H38Cl2N8O4. The molecule has 2 aromatic heterocycles. The normalized spacial score (nSPS) is 18.8. The molecule has 1 unspecified atom stereocenters. The number of nitrogens with zero attached hydrogens (tertiary/aromatic N) is 6. The highest BCUT2D eigenvalue weighted by Gasteiger charge is 2.35. The molecule has 2 amide bonds. The zero-order valence-corrected chi connectivity index (χ0v) is 27.4. The fourth-order valence-electron chi connectivity index (χ4n) is 6.02. The van der Waals surface area contributed by atoms with E-state index in [1.165, 1.54) is 4.90 Å². The first-order valence-electron chi connectivity index (χ1n) is 15.5. The van der Waals surface area contributed by atoms with Crippen molar-refractivity contribution in [1.29, 1.82) is 0 Å². The lowest BCUT2D eigenvalue weighted by Crippen LogP contribution is -2.47. The van der Waals surface area contributed by atoms with Gasteiger partial charge < -0.3 is 35.2 Å². The summed E-state index contributed by atoms with van der Waals surface area (Å²) in [4.78, 5) is 46.5. The fourth-order valence-corrected chi connectivity index (χ4v) is 6.46. The smallest absolute Gasteiger partial charge is 0.255 e. The molecule has 1 aromatic carbocycles. The molecule has 14 heteroatoms. The van der Waals surface area contributed by atoms with Gasteiger partial charge in [-0.25, -0.2) is 15.0 Å². The van der Waals surface area contributed by atoms with Crippen molar-refractivity contribution in [2.24, 2.45) is 0 Å². The first-order chi connectivity index (χ1) is 22.2. The number of hydrogen-bond donors (Lipinski definition) is 3. The van der Waals surface area contributed by atoms with Gasteiger partial charge in [-0.3, -0.25) is 9.59 Å². The number of likely N-dealkylation sites (N-methyl/N-ethyl adjacent to an activating group) is 1. The number of hydrogen-bond acceptors (Lipinski definition) is 10. The zero-order valence-electron chi connectivity index (χ0n) is 25.9. The van der Waals surface area contributed by atoms with Crippen molar-refractivity contribution >= 4 is 46.8 Å². The van der Waals surface area contributed by atoms with Crippen molar-refractivity contribution in [3.05, 3.63) is 63.4 Å². The van der Waals surface area contributed by atoms with Gasteiger partial charge in [0.25, 0.3) is 5.91 Å². The molecule has 244 valence electrons. The van der Waals surface area contributed by atoms with E-state index in [9.17, 15) is 14.7 Å². The molecule has 0 spiro atoms. The van der Waals surface area contributed by atoms with Crippen molar-refractivity contribution in [3.8, 4) is 11.3 Å². The third kappa shape index (κ3) is 6.91. The van der Waals surface area contributed by atoms with Gasteiger partial charge in [-0.05, 0) is 44.5 Å². The van der Waals surface area contributed by atoms with Crippen molar-refractivity contribution in [1.82, 2.24) is 30.1 Å². The Balaban J connectivity index is 1.15. The van der Waals surface area contributed by atoms with E-state index in [1.54, 1.807) is 25.4 Å². The molecule has 2 saturated heterocycles. The standard InChI is InChI=1S/C32H38Cl2N8O4/c1-19(30(44)38-27(18-43)24-14-28(35-15-25(24)33)41-9-7-40(2)8-10-41)42-17-21-4-3-20(13-23(21)31(42)45)29-26(34)16-36-32(39-29)37-22-5-11-46-12-6-22/h3-4,13-16,19,22,27,43H,5-12,17-18H2,1-2H3,(H,38,44)(H,36,37,39)/t19?,27-/m1/s1. The summed E-state index contributed by atoms with van der Waals surface area (Å²) in [6.07, 6.45) is 4.83. The predicted molar refractivity (Wildman–Crippen MR) is 176 cm³/mol. The number of aliphatic hydroxyl groups is 1. The third-order valence-electron chi connectivity index (χ3n) is 8.93. The number of aliphatic hydroxyl groups excluding tert-OH is 1. The number of rotatable bonds is 9. The summed E-state index contributed by atoms with van der Waals surface area (Å²) < 4.78 is 5.44. The minimum absolute atomic E-state index is 0.213. The maximum atomic E-state index is 13.6. The van der Waals surface area contributed by atoms with E-state index >= 15 is 0 Å². The molecule has 2 atom stereocenters. The highest BCUT2D eigenvalue weighted by Crippen LogP contribution is 2.33. The molecule has 3 aliphatic rings. The average Bonchev–Trinajstić information content (AvgIpc) is 3.40. The topological polar surface area (TPSA) is 136 Å². The molecule has 3 N–H and O–H groups in total. The second kappa shape index (κ2) is 14.1. The van der Waals surface area contributed by atoms with E-state index in [2.05, 4.69) is 42.4 Å². The number of aromatic nitrogens is 3. The second-order valence-corrected chi connectivity index (χ2v) is 12.8. The fraction of sp³-hybridized carbons (Fsp3) is 0.469. The highest BCUT2D eigenvalue weighted by atomic mass is 35.5. The Kier molecular flexibility index (Phi) is 9.90. The number of carbonyl (C=O) groups is 2. The van der Waals surface area contributed by atoms with Gasteiger partial charge in [0, 0.05) is 74.9 Å². The largest absolute Gasteiger partial charge is 0.394 e. The van der Waals surface area contributed by atoms with Gasteiger partial charge in [0.2, 0.25) is 11.9 Å². The lowest BCUT2D eigenvalue weighted by Gasteiger charge is -2.33. The van der Waals surface area contributed by atoms with Crippen LogP contribution < -0.4 is 15.5 Å². The Morgan fingerprint density at radius 1 is 1.09 bits per heavy atom. The highest BCUT2D eigenvalue weighted by molar-refractivity contribution is 6.33. The molecule has 6 rings (SSSR count). The summed E-state index contributed by atoms with van der Waals surface area (Å²) >= 11 is 13.0. The van der Waals surface area contributed by atoms with Gasteiger partial charge in [0.1, 0.15) is 11.9 Å². The van der Waals surface area contributed by atoms with Crippen LogP contribution in [0.15, 0.2) is 36.7 Å². The molecule has 0 aliphatic carbocycles. The molecule has 0 bridgehead atoms.